The van der Waals surface area contributed by atoms with Crippen molar-refractivity contribution in [3.05, 3.63) is 17.3 Å². The van der Waals surface area contributed by atoms with Gasteiger partial charge in [0, 0.05) is 12.8 Å². The molecule has 1 aromatic heterocycles. The van der Waals surface area contributed by atoms with Crippen molar-refractivity contribution in [2.75, 3.05) is 0 Å². The van der Waals surface area contributed by atoms with Crippen LogP contribution in [0.5, 0.6) is 0 Å². The van der Waals surface area contributed by atoms with Crippen LogP contribution in [0.2, 0.25) is 0 Å². The molecule has 1 heterocycles. The van der Waals surface area contributed by atoms with E-state index in [2.05, 4.69) is 9.40 Å². The van der Waals surface area contributed by atoms with Gasteiger partial charge in [-0.25, -0.2) is 4.98 Å². The second-order valence-corrected chi connectivity index (χ2v) is 4.73. The lowest BCUT2D eigenvalue weighted by Crippen LogP contribution is -2.26. The number of nitrogens with zero attached hydrogens (tertiary/aromatic N) is 1. The summed E-state index contributed by atoms with van der Waals surface area (Å²) in [5, 5.41) is 0. The Labute approximate surface area is 89.7 Å². The van der Waals surface area contributed by atoms with Crippen molar-refractivity contribution in [2.45, 2.75) is 32.9 Å². The Kier molecular flexibility index (Phi) is 2.15. The molecule has 16 heavy (non-hydrogen) atoms. The first-order valence-electron chi connectivity index (χ1n) is 4.79. The molecule has 0 atom stereocenters. The molecule has 0 N–H and O–H groups in total. The maximum absolute atomic E-state index is 12.3. The first kappa shape index (κ1) is 11.2. The number of carbonyl (C=O) groups is 1. The summed E-state index contributed by atoms with van der Waals surface area (Å²) in [4.78, 5) is 14.8. The molecule has 0 bridgehead atoms. The predicted octanol–water partition coefficient (Wildman–Crippen LogP) is 2.85. The molecular weight excluding hydrogens is 223 g/mol. The molecule has 0 aromatic carbocycles. The van der Waals surface area contributed by atoms with E-state index in [1.54, 1.807) is 0 Å². The molecular formula is C10H10F3NO2. The van der Waals surface area contributed by atoms with Gasteiger partial charge in [0.05, 0.1) is 0 Å². The van der Waals surface area contributed by atoms with Gasteiger partial charge in [0.15, 0.2) is 5.78 Å². The van der Waals surface area contributed by atoms with Crippen LogP contribution >= 0.6 is 0 Å². The highest BCUT2D eigenvalue weighted by Crippen LogP contribution is 2.38. The third-order valence-electron chi connectivity index (χ3n) is 2.48. The molecule has 6 heteroatoms. The van der Waals surface area contributed by atoms with E-state index >= 15 is 0 Å². The standard InChI is InChI=1S/C10H10F3NO2/c1-9(2)3-5(15)7-6(4-9)16-8(14-7)10(11,12)13/h3-4H2,1-2H3. The summed E-state index contributed by atoms with van der Waals surface area (Å²) in [6.45, 7) is 3.62. The number of Topliss-reactive ketones (excluding diaryl/α,β-unsaturated/α-hetero) is 1. The predicted molar refractivity (Wildman–Crippen MR) is 47.9 cm³/mol. The number of oxazole rings is 1. The molecule has 3 nitrogen and oxygen atoms in total. The molecule has 0 radical (unpaired) electrons. The maximum atomic E-state index is 12.3. The highest BCUT2D eigenvalue weighted by atomic mass is 19.4. The largest absolute Gasteiger partial charge is 0.468 e. The van der Waals surface area contributed by atoms with Crippen molar-refractivity contribution in [1.82, 2.24) is 4.98 Å². The van der Waals surface area contributed by atoms with E-state index in [4.69, 9.17) is 0 Å². The lowest BCUT2D eigenvalue weighted by atomic mass is 9.78. The van der Waals surface area contributed by atoms with Crippen molar-refractivity contribution in [3.63, 3.8) is 0 Å². The average Bonchev–Trinajstić information content (AvgIpc) is 2.44. The van der Waals surface area contributed by atoms with Gasteiger partial charge in [0.25, 0.3) is 0 Å². The van der Waals surface area contributed by atoms with Crippen molar-refractivity contribution < 1.29 is 22.4 Å². The Bertz CT molecular complexity index is 445. The number of halogens is 3. The molecule has 1 aliphatic carbocycles. The van der Waals surface area contributed by atoms with E-state index in [-0.39, 0.29) is 29.1 Å². The van der Waals surface area contributed by atoms with Crippen LogP contribution in [0.1, 0.15) is 42.4 Å². The molecule has 88 valence electrons. The molecule has 0 fully saturated rings. The third kappa shape index (κ3) is 1.83. The maximum Gasteiger partial charge on any atom is 0.468 e. The Morgan fingerprint density at radius 1 is 1.31 bits per heavy atom. The molecule has 0 saturated heterocycles. The highest BCUT2D eigenvalue weighted by Gasteiger charge is 2.42. The van der Waals surface area contributed by atoms with Crippen LogP contribution in [0, 0.1) is 5.41 Å². The number of rotatable bonds is 0. The first-order chi connectivity index (χ1) is 7.19. The zero-order valence-electron chi connectivity index (χ0n) is 8.81. The van der Waals surface area contributed by atoms with E-state index in [9.17, 15) is 18.0 Å². The van der Waals surface area contributed by atoms with Crippen LogP contribution in [0.15, 0.2) is 4.42 Å². The number of fused-ring (bicyclic) bond motifs is 1. The molecule has 0 saturated carbocycles. The Hall–Kier alpha value is -1.33. The van der Waals surface area contributed by atoms with Gasteiger partial charge in [-0.2, -0.15) is 13.2 Å². The van der Waals surface area contributed by atoms with Crippen molar-refractivity contribution in [3.8, 4) is 0 Å². The minimum atomic E-state index is -4.64. The summed E-state index contributed by atoms with van der Waals surface area (Å²) in [7, 11) is 0. The van der Waals surface area contributed by atoms with Gasteiger partial charge in [-0.05, 0) is 5.41 Å². The van der Waals surface area contributed by atoms with Gasteiger partial charge < -0.3 is 4.42 Å². The highest BCUT2D eigenvalue weighted by molar-refractivity contribution is 5.96. The van der Waals surface area contributed by atoms with Crippen LogP contribution < -0.4 is 0 Å². The lowest BCUT2D eigenvalue weighted by molar-refractivity contribution is -0.157. The molecule has 1 aliphatic rings. The van der Waals surface area contributed by atoms with Gasteiger partial charge >= 0.3 is 12.1 Å². The molecule has 1 aromatic rings. The fourth-order valence-corrected chi connectivity index (χ4v) is 1.83. The fraction of sp³-hybridized carbons (Fsp3) is 0.600. The summed E-state index contributed by atoms with van der Waals surface area (Å²) in [6.07, 6.45) is -4.14. The second kappa shape index (κ2) is 3.09. The lowest BCUT2D eigenvalue weighted by Gasteiger charge is -2.25. The van der Waals surface area contributed by atoms with Gasteiger partial charge in [-0.15, -0.1) is 0 Å². The quantitative estimate of drug-likeness (QED) is 0.692. The molecule has 0 unspecified atom stereocenters. The van der Waals surface area contributed by atoms with Crippen LogP contribution in [0.4, 0.5) is 13.2 Å². The van der Waals surface area contributed by atoms with E-state index < -0.39 is 12.1 Å². The van der Waals surface area contributed by atoms with E-state index in [0.29, 0.717) is 6.42 Å². The summed E-state index contributed by atoms with van der Waals surface area (Å²) in [5.74, 6) is -1.66. The van der Waals surface area contributed by atoms with E-state index in [0.717, 1.165) is 0 Å². The molecule has 2 rings (SSSR count). The van der Waals surface area contributed by atoms with Crippen LogP contribution in [-0.4, -0.2) is 10.8 Å². The van der Waals surface area contributed by atoms with Crippen molar-refractivity contribution in [1.29, 1.82) is 0 Å². The molecule has 0 amide bonds. The first-order valence-corrected chi connectivity index (χ1v) is 4.79. The zero-order chi connectivity index (χ0) is 12.1. The van der Waals surface area contributed by atoms with Crippen LogP contribution in [0.25, 0.3) is 0 Å². The number of hydrogen-bond acceptors (Lipinski definition) is 3. The Morgan fingerprint density at radius 3 is 2.50 bits per heavy atom. The van der Waals surface area contributed by atoms with Gasteiger partial charge in [0.2, 0.25) is 0 Å². The Morgan fingerprint density at radius 2 is 1.94 bits per heavy atom. The van der Waals surface area contributed by atoms with E-state index in [1.165, 1.54) is 0 Å². The number of alkyl halides is 3. The summed E-state index contributed by atoms with van der Waals surface area (Å²) < 4.78 is 41.6. The fourth-order valence-electron chi connectivity index (χ4n) is 1.83. The van der Waals surface area contributed by atoms with Crippen molar-refractivity contribution in [2.24, 2.45) is 5.41 Å². The normalized spacial score (nSPS) is 19.7. The topological polar surface area (TPSA) is 43.1 Å². The molecule has 0 spiro atoms. The van der Waals surface area contributed by atoms with Gasteiger partial charge in [0.1, 0.15) is 11.5 Å². The van der Waals surface area contributed by atoms with Crippen LogP contribution in [0.3, 0.4) is 0 Å². The SMILES string of the molecule is CC1(C)CC(=O)c2nc(C(F)(F)F)oc2C1. The smallest absolute Gasteiger partial charge is 0.437 e. The summed E-state index contributed by atoms with van der Waals surface area (Å²) in [6, 6.07) is 0. The minimum absolute atomic E-state index is 0.0496. The summed E-state index contributed by atoms with van der Waals surface area (Å²) in [5.41, 5.74) is -0.529. The Balaban J connectivity index is 2.46. The zero-order valence-corrected chi connectivity index (χ0v) is 8.81. The monoisotopic (exact) mass is 233 g/mol. The van der Waals surface area contributed by atoms with Gasteiger partial charge in [-0.1, -0.05) is 13.8 Å². The van der Waals surface area contributed by atoms with Gasteiger partial charge in [-0.3, -0.25) is 4.79 Å². The second-order valence-electron chi connectivity index (χ2n) is 4.73. The number of hydrogen-bond donors (Lipinski definition) is 0. The minimum Gasteiger partial charge on any atom is -0.437 e. The third-order valence-corrected chi connectivity index (χ3v) is 2.48. The van der Waals surface area contributed by atoms with Crippen molar-refractivity contribution >= 4 is 5.78 Å². The van der Waals surface area contributed by atoms with E-state index in [1.807, 2.05) is 13.8 Å². The molecule has 0 aliphatic heterocycles. The average molecular weight is 233 g/mol. The summed E-state index contributed by atoms with van der Waals surface area (Å²) >= 11 is 0. The van der Waals surface area contributed by atoms with Crippen LogP contribution in [-0.2, 0) is 12.6 Å². The number of ketones is 1. The number of carbonyl (C=O) groups excluding carboxylic acids is 1. The number of aromatic nitrogens is 1.